The van der Waals surface area contributed by atoms with Gasteiger partial charge in [0.25, 0.3) is 5.91 Å². The first-order chi connectivity index (χ1) is 10.7. The highest BCUT2D eigenvalue weighted by atomic mass is 35.5. The molecule has 7 heteroatoms. The van der Waals surface area contributed by atoms with Gasteiger partial charge in [-0.05, 0) is 55.0 Å². The van der Waals surface area contributed by atoms with Crippen LogP contribution in [-0.2, 0) is 10.0 Å². The van der Waals surface area contributed by atoms with Crippen molar-refractivity contribution in [1.29, 1.82) is 0 Å². The normalized spacial score (nSPS) is 11.1. The van der Waals surface area contributed by atoms with Crippen molar-refractivity contribution in [3.8, 4) is 0 Å². The average Bonchev–Trinajstić information content (AvgIpc) is 2.48. The predicted molar refractivity (Wildman–Crippen MR) is 93.8 cm³/mol. The predicted octanol–water partition coefficient (Wildman–Crippen LogP) is 3.30. The number of rotatable bonds is 4. The molecule has 0 unspecified atom stereocenters. The van der Waals surface area contributed by atoms with Gasteiger partial charge in [0.05, 0.1) is 11.9 Å². The van der Waals surface area contributed by atoms with E-state index in [0.717, 1.165) is 16.1 Å². The largest absolute Gasteiger partial charge is 0.322 e. The summed E-state index contributed by atoms with van der Waals surface area (Å²) in [5.41, 5.74) is 2.47. The van der Waals surface area contributed by atoms with Crippen LogP contribution in [0.5, 0.6) is 0 Å². The van der Waals surface area contributed by atoms with Crippen LogP contribution >= 0.6 is 11.6 Å². The van der Waals surface area contributed by atoms with Gasteiger partial charge in [-0.25, -0.2) is 8.42 Å². The van der Waals surface area contributed by atoms with Crippen LogP contribution in [0.15, 0.2) is 42.5 Å². The minimum Gasteiger partial charge on any atom is -0.322 e. The van der Waals surface area contributed by atoms with Crippen molar-refractivity contribution in [1.82, 2.24) is 0 Å². The molecule has 0 heterocycles. The van der Waals surface area contributed by atoms with Gasteiger partial charge in [0, 0.05) is 23.3 Å². The van der Waals surface area contributed by atoms with E-state index in [-0.39, 0.29) is 5.91 Å². The molecule has 0 aromatic heterocycles. The lowest BCUT2D eigenvalue weighted by atomic mass is 10.1. The number of nitrogens with zero attached hydrogens (tertiary/aromatic N) is 1. The number of benzene rings is 2. The van der Waals surface area contributed by atoms with Gasteiger partial charge >= 0.3 is 0 Å². The van der Waals surface area contributed by atoms with Crippen LogP contribution in [0.3, 0.4) is 0 Å². The van der Waals surface area contributed by atoms with Crippen LogP contribution in [0.1, 0.15) is 15.9 Å². The van der Waals surface area contributed by atoms with E-state index in [0.29, 0.717) is 22.0 Å². The smallest absolute Gasteiger partial charge is 0.255 e. The Bertz CT molecular complexity index is 833. The molecule has 0 aliphatic rings. The second-order valence-corrected chi connectivity index (χ2v) is 7.64. The summed E-state index contributed by atoms with van der Waals surface area (Å²) >= 11 is 5.89. The lowest BCUT2D eigenvalue weighted by Gasteiger charge is -2.16. The highest BCUT2D eigenvalue weighted by molar-refractivity contribution is 7.92. The number of sulfonamides is 1. The lowest BCUT2D eigenvalue weighted by Crippen LogP contribution is -2.24. The molecule has 0 bridgehead atoms. The van der Waals surface area contributed by atoms with Crippen molar-refractivity contribution in [3.63, 3.8) is 0 Å². The Morgan fingerprint density at radius 3 is 2.26 bits per heavy atom. The summed E-state index contributed by atoms with van der Waals surface area (Å²) in [4.78, 5) is 12.3. The molecule has 1 N–H and O–H groups in total. The van der Waals surface area contributed by atoms with Crippen LogP contribution in [0.4, 0.5) is 11.4 Å². The first kappa shape index (κ1) is 17.3. The Morgan fingerprint density at radius 2 is 1.74 bits per heavy atom. The molecule has 0 aliphatic heterocycles. The summed E-state index contributed by atoms with van der Waals surface area (Å²) in [5, 5.41) is 3.41. The number of hydrogen-bond acceptors (Lipinski definition) is 3. The van der Waals surface area contributed by atoms with E-state index in [1.165, 1.54) is 7.05 Å². The Hall–Kier alpha value is -2.05. The molecule has 0 atom stereocenters. The number of aryl methyl sites for hydroxylation is 1. The SMILES string of the molecule is Cc1cc(Cl)ccc1NC(=O)c1ccc(N(C)S(C)(=O)=O)cc1. The van der Waals surface area contributed by atoms with Crippen molar-refractivity contribution in [2.45, 2.75) is 6.92 Å². The fourth-order valence-electron chi connectivity index (χ4n) is 1.98. The van der Waals surface area contributed by atoms with Gasteiger partial charge in [0.15, 0.2) is 0 Å². The molecule has 0 aliphatic carbocycles. The summed E-state index contributed by atoms with van der Waals surface area (Å²) < 4.78 is 24.1. The molecule has 1 amide bonds. The van der Waals surface area contributed by atoms with E-state index in [1.54, 1.807) is 42.5 Å². The lowest BCUT2D eigenvalue weighted by molar-refractivity contribution is 0.102. The van der Waals surface area contributed by atoms with Crippen molar-refractivity contribution in [2.75, 3.05) is 22.9 Å². The Kier molecular flexibility index (Phi) is 4.97. The van der Waals surface area contributed by atoms with E-state index in [2.05, 4.69) is 5.32 Å². The summed E-state index contributed by atoms with van der Waals surface area (Å²) in [7, 11) is -1.87. The highest BCUT2D eigenvalue weighted by Crippen LogP contribution is 2.21. The number of anilines is 2. The maximum absolute atomic E-state index is 12.3. The van der Waals surface area contributed by atoms with E-state index in [4.69, 9.17) is 11.6 Å². The molecule has 2 aromatic carbocycles. The van der Waals surface area contributed by atoms with Crippen molar-refractivity contribution in [3.05, 3.63) is 58.6 Å². The molecule has 2 rings (SSSR count). The first-order valence-electron chi connectivity index (χ1n) is 6.80. The molecule has 122 valence electrons. The van der Waals surface area contributed by atoms with Crippen LogP contribution in [0, 0.1) is 6.92 Å². The van der Waals surface area contributed by atoms with Crippen molar-refractivity contribution in [2.24, 2.45) is 0 Å². The average molecular weight is 353 g/mol. The van der Waals surface area contributed by atoms with E-state index >= 15 is 0 Å². The fraction of sp³-hybridized carbons (Fsp3) is 0.188. The van der Waals surface area contributed by atoms with Gasteiger partial charge in [0.1, 0.15) is 0 Å². The quantitative estimate of drug-likeness (QED) is 0.918. The van der Waals surface area contributed by atoms with Gasteiger partial charge in [0.2, 0.25) is 10.0 Å². The van der Waals surface area contributed by atoms with E-state index in [9.17, 15) is 13.2 Å². The monoisotopic (exact) mass is 352 g/mol. The standard InChI is InChI=1S/C16H17ClN2O3S/c1-11-10-13(17)6-9-15(11)18-16(20)12-4-7-14(8-5-12)19(2)23(3,21)22/h4-10H,1-3H3,(H,18,20). The number of carbonyl (C=O) groups is 1. The number of halogens is 1. The van der Waals surface area contributed by atoms with Crippen molar-refractivity contribution < 1.29 is 13.2 Å². The molecular formula is C16H17ClN2O3S. The van der Waals surface area contributed by atoms with Crippen molar-refractivity contribution >= 4 is 38.9 Å². The third-order valence-corrected chi connectivity index (χ3v) is 4.87. The molecule has 0 saturated heterocycles. The number of amides is 1. The Morgan fingerprint density at radius 1 is 1.13 bits per heavy atom. The van der Waals surface area contributed by atoms with Crippen LogP contribution < -0.4 is 9.62 Å². The number of nitrogens with one attached hydrogen (secondary N) is 1. The highest BCUT2D eigenvalue weighted by Gasteiger charge is 2.13. The summed E-state index contributed by atoms with van der Waals surface area (Å²) in [6, 6.07) is 11.5. The minimum absolute atomic E-state index is 0.274. The summed E-state index contributed by atoms with van der Waals surface area (Å²) in [5.74, 6) is -0.274. The second kappa shape index (κ2) is 6.60. The van der Waals surface area contributed by atoms with Crippen LogP contribution in [-0.4, -0.2) is 27.6 Å². The first-order valence-corrected chi connectivity index (χ1v) is 9.02. The maximum Gasteiger partial charge on any atom is 0.255 e. The molecule has 0 fully saturated rings. The molecular weight excluding hydrogens is 336 g/mol. The third-order valence-electron chi connectivity index (χ3n) is 3.43. The molecule has 2 aromatic rings. The van der Waals surface area contributed by atoms with Gasteiger partial charge in [-0.2, -0.15) is 0 Å². The summed E-state index contributed by atoms with van der Waals surface area (Å²) in [6.45, 7) is 1.85. The fourth-order valence-corrected chi connectivity index (χ4v) is 2.71. The van der Waals surface area contributed by atoms with Gasteiger partial charge in [-0.15, -0.1) is 0 Å². The zero-order valence-electron chi connectivity index (χ0n) is 13.0. The van der Waals surface area contributed by atoms with Gasteiger partial charge in [-0.1, -0.05) is 11.6 Å². The molecule has 0 radical (unpaired) electrons. The molecule has 0 spiro atoms. The van der Waals surface area contributed by atoms with Crippen LogP contribution in [0.25, 0.3) is 0 Å². The minimum atomic E-state index is -3.33. The zero-order chi connectivity index (χ0) is 17.2. The summed E-state index contributed by atoms with van der Waals surface area (Å²) in [6.07, 6.45) is 1.12. The van der Waals surface area contributed by atoms with E-state index < -0.39 is 10.0 Å². The zero-order valence-corrected chi connectivity index (χ0v) is 14.6. The van der Waals surface area contributed by atoms with Crippen LogP contribution in [0.2, 0.25) is 5.02 Å². The van der Waals surface area contributed by atoms with E-state index in [1.807, 2.05) is 6.92 Å². The molecule has 23 heavy (non-hydrogen) atoms. The van der Waals surface area contributed by atoms with Gasteiger partial charge < -0.3 is 5.32 Å². The van der Waals surface area contributed by atoms with Gasteiger partial charge in [-0.3, -0.25) is 9.10 Å². The maximum atomic E-state index is 12.3. The Balaban J connectivity index is 2.17. The number of carbonyl (C=O) groups excluding carboxylic acids is 1. The third kappa shape index (κ3) is 4.24. The second-order valence-electron chi connectivity index (χ2n) is 5.19. The molecule has 5 nitrogen and oxygen atoms in total. The Labute approximate surface area is 140 Å². The molecule has 0 saturated carbocycles. The topological polar surface area (TPSA) is 66.5 Å². The number of hydrogen-bond donors (Lipinski definition) is 1.